The highest BCUT2D eigenvalue weighted by molar-refractivity contribution is 5.96. The van der Waals surface area contributed by atoms with Crippen LogP contribution in [0.2, 0.25) is 0 Å². The molecule has 1 aromatic carbocycles. The number of nitrogens with zero attached hydrogens (tertiary/aromatic N) is 2. The lowest BCUT2D eigenvalue weighted by Gasteiger charge is -2.28. The Morgan fingerprint density at radius 3 is 2.84 bits per heavy atom. The predicted molar refractivity (Wildman–Crippen MR) is 79.4 cm³/mol. The van der Waals surface area contributed by atoms with Crippen molar-refractivity contribution in [3.8, 4) is 0 Å². The summed E-state index contributed by atoms with van der Waals surface area (Å²) in [5.41, 5.74) is 7.69. The van der Waals surface area contributed by atoms with Crippen molar-refractivity contribution in [3.63, 3.8) is 0 Å². The van der Waals surface area contributed by atoms with Crippen molar-refractivity contribution >= 4 is 5.84 Å². The van der Waals surface area contributed by atoms with Crippen LogP contribution < -0.4 is 5.73 Å². The molecule has 1 aliphatic heterocycles. The van der Waals surface area contributed by atoms with Gasteiger partial charge in [0, 0.05) is 31.2 Å². The summed E-state index contributed by atoms with van der Waals surface area (Å²) < 4.78 is 0. The second kappa shape index (κ2) is 6.17. The van der Waals surface area contributed by atoms with Crippen LogP contribution in [0.3, 0.4) is 0 Å². The number of rotatable bonds is 3. The molecule has 1 heterocycles. The van der Waals surface area contributed by atoms with E-state index in [4.69, 9.17) is 11.1 Å². The summed E-state index contributed by atoms with van der Waals surface area (Å²) in [5, 5.41) is 7.67. The standard InChI is InChI=1S/C15H24N4/c1-12-10-18(2)8-5-9-19(12)11-13-6-3-4-7-14(13)15(16)17/h3-4,6-7,12H,5,8-11H2,1-2H3,(H3,16,17). The van der Waals surface area contributed by atoms with Crippen molar-refractivity contribution < 1.29 is 0 Å². The van der Waals surface area contributed by atoms with Crippen LogP contribution in [0.4, 0.5) is 0 Å². The molecule has 4 nitrogen and oxygen atoms in total. The molecule has 0 radical (unpaired) electrons. The lowest BCUT2D eigenvalue weighted by atomic mass is 10.1. The monoisotopic (exact) mass is 260 g/mol. The van der Waals surface area contributed by atoms with Crippen LogP contribution >= 0.6 is 0 Å². The molecule has 1 aromatic rings. The molecule has 1 saturated heterocycles. The van der Waals surface area contributed by atoms with Crippen LogP contribution in [0, 0.1) is 5.41 Å². The molecular formula is C15H24N4. The van der Waals surface area contributed by atoms with Gasteiger partial charge in [0.15, 0.2) is 0 Å². The second-order valence-electron chi connectivity index (χ2n) is 5.51. The average Bonchev–Trinajstić information content (AvgIpc) is 2.52. The molecule has 0 aliphatic carbocycles. The van der Waals surface area contributed by atoms with Crippen molar-refractivity contribution in [2.45, 2.75) is 25.9 Å². The van der Waals surface area contributed by atoms with Crippen LogP contribution in [0.25, 0.3) is 0 Å². The molecule has 19 heavy (non-hydrogen) atoms. The molecule has 0 bridgehead atoms. The Labute approximate surface area is 115 Å². The maximum atomic E-state index is 7.67. The van der Waals surface area contributed by atoms with Gasteiger partial charge in [0.2, 0.25) is 0 Å². The van der Waals surface area contributed by atoms with E-state index < -0.39 is 0 Å². The molecule has 1 unspecified atom stereocenters. The smallest absolute Gasteiger partial charge is 0.123 e. The zero-order valence-electron chi connectivity index (χ0n) is 11.9. The van der Waals surface area contributed by atoms with Crippen LogP contribution in [-0.2, 0) is 6.54 Å². The van der Waals surface area contributed by atoms with Gasteiger partial charge < -0.3 is 10.6 Å². The molecule has 4 heteroatoms. The lowest BCUT2D eigenvalue weighted by Crippen LogP contribution is -2.37. The van der Waals surface area contributed by atoms with E-state index in [2.05, 4.69) is 29.8 Å². The van der Waals surface area contributed by atoms with Gasteiger partial charge in [-0.15, -0.1) is 0 Å². The fraction of sp³-hybridized carbons (Fsp3) is 0.533. The van der Waals surface area contributed by atoms with E-state index in [1.54, 1.807) is 0 Å². The summed E-state index contributed by atoms with van der Waals surface area (Å²) in [6, 6.07) is 8.52. The minimum atomic E-state index is 0.162. The predicted octanol–water partition coefficient (Wildman–Crippen LogP) is 1.50. The Hall–Kier alpha value is -1.39. The number of likely N-dealkylation sites (N-methyl/N-ethyl adjacent to an activating group) is 1. The highest BCUT2D eigenvalue weighted by atomic mass is 15.2. The Morgan fingerprint density at radius 1 is 1.37 bits per heavy atom. The minimum Gasteiger partial charge on any atom is -0.384 e. The number of hydrogen-bond donors (Lipinski definition) is 2. The SMILES string of the molecule is CC1CN(C)CCCN1Cc1ccccc1C(=N)N. The highest BCUT2D eigenvalue weighted by Crippen LogP contribution is 2.16. The molecule has 0 amide bonds. The summed E-state index contributed by atoms with van der Waals surface area (Å²) >= 11 is 0. The molecule has 0 saturated carbocycles. The third-order valence-electron chi connectivity index (χ3n) is 3.87. The Balaban J connectivity index is 2.14. The van der Waals surface area contributed by atoms with Crippen molar-refractivity contribution in [2.75, 3.05) is 26.7 Å². The normalized spacial score (nSPS) is 22.1. The number of benzene rings is 1. The van der Waals surface area contributed by atoms with Gasteiger partial charge in [-0.25, -0.2) is 0 Å². The van der Waals surface area contributed by atoms with E-state index in [1.165, 1.54) is 6.42 Å². The van der Waals surface area contributed by atoms with Crippen LogP contribution in [0.15, 0.2) is 24.3 Å². The summed E-state index contributed by atoms with van der Waals surface area (Å²) in [5.74, 6) is 0.162. The maximum absolute atomic E-state index is 7.67. The lowest BCUT2D eigenvalue weighted by molar-refractivity contribution is 0.194. The van der Waals surface area contributed by atoms with Crippen LogP contribution in [-0.4, -0.2) is 48.4 Å². The van der Waals surface area contributed by atoms with E-state index >= 15 is 0 Å². The molecule has 0 spiro atoms. The Kier molecular flexibility index (Phi) is 4.56. The first-order valence-corrected chi connectivity index (χ1v) is 6.93. The first kappa shape index (κ1) is 14.0. The number of amidine groups is 1. The molecule has 1 fully saturated rings. The molecule has 104 valence electrons. The summed E-state index contributed by atoms with van der Waals surface area (Å²) in [4.78, 5) is 4.88. The topological polar surface area (TPSA) is 56.4 Å². The molecule has 3 N–H and O–H groups in total. The molecule has 2 rings (SSSR count). The van der Waals surface area contributed by atoms with E-state index in [-0.39, 0.29) is 5.84 Å². The second-order valence-corrected chi connectivity index (χ2v) is 5.51. The number of nitrogens with one attached hydrogen (secondary N) is 1. The van der Waals surface area contributed by atoms with E-state index in [9.17, 15) is 0 Å². The van der Waals surface area contributed by atoms with Crippen LogP contribution in [0.5, 0.6) is 0 Å². The average molecular weight is 260 g/mol. The first-order valence-electron chi connectivity index (χ1n) is 6.93. The molecule has 0 aromatic heterocycles. The number of hydrogen-bond acceptors (Lipinski definition) is 3. The Bertz CT molecular complexity index is 444. The van der Waals surface area contributed by atoms with Crippen molar-refractivity contribution in [2.24, 2.45) is 5.73 Å². The van der Waals surface area contributed by atoms with Gasteiger partial charge in [-0.2, -0.15) is 0 Å². The van der Waals surface area contributed by atoms with Crippen molar-refractivity contribution in [1.82, 2.24) is 9.80 Å². The minimum absolute atomic E-state index is 0.162. The van der Waals surface area contributed by atoms with Crippen molar-refractivity contribution in [1.29, 1.82) is 5.41 Å². The third kappa shape index (κ3) is 3.55. The fourth-order valence-electron chi connectivity index (χ4n) is 2.80. The van der Waals surface area contributed by atoms with Gasteiger partial charge in [-0.3, -0.25) is 10.3 Å². The van der Waals surface area contributed by atoms with Gasteiger partial charge >= 0.3 is 0 Å². The zero-order chi connectivity index (χ0) is 13.8. The van der Waals surface area contributed by atoms with Crippen LogP contribution in [0.1, 0.15) is 24.5 Å². The van der Waals surface area contributed by atoms with Crippen molar-refractivity contribution in [3.05, 3.63) is 35.4 Å². The first-order chi connectivity index (χ1) is 9.08. The molecule has 1 atom stereocenters. The summed E-state index contributed by atoms with van der Waals surface area (Å²) in [6.07, 6.45) is 1.20. The van der Waals surface area contributed by atoms with E-state index in [1.807, 2.05) is 18.2 Å². The van der Waals surface area contributed by atoms with Gasteiger partial charge in [-0.05, 0) is 32.5 Å². The van der Waals surface area contributed by atoms with E-state index in [0.717, 1.165) is 37.3 Å². The summed E-state index contributed by atoms with van der Waals surface area (Å²) in [7, 11) is 2.18. The zero-order valence-corrected chi connectivity index (χ0v) is 11.9. The maximum Gasteiger partial charge on any atom is 0.123 e. The largest absolute Gasteiger partial charge is 0.384 e. The van der Waals surface area contributed by atoms with E-state index in [0.29, 0.717) is 6.04 Å². The van der Waals surface area contributed by atoms with Gasteiger partial charge in [0.1, 0.15) is 5.84 Å². The third-order valence-corrected chi connectivity index (χ3v) is 3.87. The van der Waals surface area contributed by atoms with Gasteiger partial charge in [0.25, 0.3) is 0 Å². The summed E-state index contributed by atoms with van der Waals surface area (Å²) in [6.45, 7) is 6.53. The number of nitrogens with two attached hydrogens (primary N) is 1. The number of nitrogen functional groups attached to an aromatic ring is 1. The quantitative estimate of drug-likeness (QED) is 0.639. The Morgan fingerprint density at radius 2 is 2.11 bits per heavy atom. The fourth-order valence-corrected chi connectivity index (χ4v) is 2.80. The van der Waals surface area contributed by atoms with Gasteiger partial charge in [-0.1, -0.05) is 24.3 Å². The molecule has 1 aliphatic rings. The van der Waals surface area contributed by atoms with Gasteiger partial charge in [0.05, 0.1) is 0 Å². The molecular weight excluding hydrogens is 236 g/mol. The highest BCUT2D eigenvalue weighted by Gasteiger charge is 2.20.